The van der Waals surface area contributed by atoms with Crippen molar-refractivity contribution in [1.82, 2.24) is 19.9 Å². The number of likely N-dealkylation sites (tertiary alicyclic amines) is 1. The molecular weight excluding hydrogens is 260 g/mol. The van der Waals surface area contributed by atoms with E-state index in [0.717, 1.165) is 19.3 Å². The van der Waals surface area contributed by atoms with Crippen LogP contribution < -0.4 is 0 Å². The maximum Gasteiger partial charge on any atom is 0.358 e. The van der Waals surface area contributed by atoms with Crippen molar-refractivity contribution in [3.63, 3.8) is 0 Å². The monoisotopic (exact) mass is 280 g/mol. The molecule has 2 rings (SSSR count). The van der Waals surface area contributed by atoms with E-state index in [1.165, 1.54) is 17.3 Å². The van der Waals surface area contributed by atoms with Crippen LogP contribution in [0.4, 0.5) is 0 Å². The molecule has 7 heteroatoms. The molecule has 20 heavy (non-hydrogen) atoms. The molecule has 0 aliphatic carbocycles. The SMILES string of the molecule is CCCCCCC(=O)N1CC(n2cc(C(=O)O)nn2)C1. The molecule has 1 N–H and O–H groups in total. The summed E-state index contributed by atoms with van der Waals surface area (Å²) in [5.74, 6) is -0.907. The second-order valence-corrected chi connectivity index (χ2v) is 5.15. The van der Waals surface area contributed by atoms with Crippen LogP contribution in [-0.4, -0.2) is 50.0 Å². The van der Waals surface area contributed by atoms with Gasteiger partial charge in [-0.2, -0.15) is 0 Å². The summed E-state index contributed by atoms with van der Waals surface area (Å²) in [6.07, 6.45) is 6.40. The zero-order chi connectivity index (χ0) is 14.5. The summed E-state index contributed by atoms with van der Waals surface area (Å²) in [5, 5.41) is 16.1. The van der Waals surface area contributed by atoms with Crippen LogP contribution in [0.3, 0.4) is 0 Å². The number of nitrogens with zero attached hydrogens (tertiary/aromatic N) is 4. The third-order valence-electron chi connectivity index (χ3n) is 3.56. The predicted molar refractivity (Wildman–Crippen MR) is 71.4 cm³/mol. The molecule has 0 aromatic carbocycles. The fraction of sp³-hybridized carbons (Fsp3) is 0.692. The summed E-state index contributed by atoms with van der Waals surface area (Å²) in [7, 11) is 0. The minimum atomic E-state index is -1.08. The predicted octanol–water partition coefficient (Wildman–Crippen LogP) is 1.33. The first-order valence-corrected chi connectivity index (χ1v) is 7.04. The van der Waals surface area contributed by atoms with Crippen molar-refractivity contribution >= 4 is 11.9 Å². The Morgan fingerprint density at radius 2 is 2.10 bits per heavy atom. The van der Waals surface area contributed by atoms with Gasteiger partial charge in [0.15, 0.2) is 5.69 Å². The highest BCUT2D eigenvalue weighted by atomic mass is 16.4. The summed E-state index contributed by atoms with van der Waals surface area (Å²) >= 11 is 0. The maximum atomic E-state index is 11.9. The Labute approximate surface area is 117 Å². The van der Waals surface area contributed by atoms with Crippen LogP contribution in [0.15, 0.2) is 6.20 Å². The first-order valence-electron chi connectivity index (χ1n) is 7.04. The van der Waals surface area contributed by atoms with Crippen molar-refractivity contribution in [3.05, 3.63) is 11.9 Å². The molecule has 1 saturated heterocycles. The number of carboxylic acids is 1. The minimum Gasteiger partial charge on any atom is -0.476 e. The molecule has 1 aliphatic heterocycles. The van der Waals surface area contributed by atoms with E-state index >= 15 is 0 Å². The molecular formula is C13H20N4O3. The molecule has 1 aromatic rings. The number of carbonyl (C=O) groups is 2. The van der Waals surface area contributed by atoms with Crippen LogP contribution in [0.1, 0.15) is 55.6 Å². The molecule has 1 aliphatic rings. The number of amides is 1. The van der Waals surface area contributed by atoms with Gasteiger partial charge >= 0.3 is 5.97 Å². The Morgan fingerprint density at radius 1 is 1.35 bits per heavy atom. The van der Waals surface area contributed by atoms with E-state index in [1.807, 2.05) is 0 Å². The van der Waals surface area contributed by atoms with E-state index in [9.17, 15) is 9.59 Å². The number of carbonyl (C=O) groups excluding carboxylic acids is 1. The van der Waals surface area contributed by atoms with Crippen molar-refractivity contribution in [2.75, 3.05) is 13.1 Å². The number of carboxylic acid groups (broad SMARTS) is 1. The van der Waals surface area contributed by atoms with Gasteiger partial charge in [0.1, 0.15) is 0 Å². The Morgan fingerprint density at radius 3 is 2.70 bits per heavy atom. The lowest BCUT2D eigenvalue weighted by molar-refractivity contribution is -0.137. The number of hydrogen-bond acceptors (Lipinski definition) is 4. The second-order valence-electron chi connectivity index (χ2n) is 5.15. The molecule has 1 fully saturated rings. The fourth-order valence-electron chi connectivity index (χ4n) is 2.24. The molecule has 0 spiro atoms. The average Bonchev–Trinajstić information content (AvgIpc) is 2.82. The third kappa shape index (κ3) is 3.34. The Balaban J connectivity index is 1.73. The van der Waals surface area contributed by atoms with Gasteiger partial charge in [0.2, 0.25) is 5.91 Å². The number of rotatable bonds is 7. The summed E-state index contributed by atoms with van der Waals surface area (Å²) < 4.78 is 1.53. The summed E-state index contributed by atoms with van der Waals surface area (Å²) in [5.41, 5.74) is -0.0608. The standard InChI is InChI=1S/C13H20N4O3/c1-2-3-4-5-6-12(18)16-7-10(8-16)17-9-11(13(19)20)14-15-17/h9-10H,2-8H2,1H3,(H,19,20). The highest BCUT2D eigenvalue weighted by Crippen LogP contribution is 2.21. The number of unbranched alkanes of at least 4 members (excludes halogenated alkanes) is 3. The molecule has 0 unspecified atom stereocenters. The van der Waals surface area contributed by atoms with Gasteiger partial charge in [-0.05, 0) is 6.42 Å². The van der Waals surface area contributed by atoms with E-state index in [1.54, 1.807) is 4.90 Å². The molecule has 0 saturated carbocycles. The molecule has 2 heterocycles. The van der Waals surface area contributed by atoms with Crippen molar-refractivity contribution in [3.8, 4) is 0 Å². The lowest BCUT2D eigenvalue weighted by Gasteiger charge is -2.38. The Hall–Kier alpha value is -1.92. The topological polar surface area (TPSA) is 88.3 Å². The van der Waals surface area contributed by atoms with Crippen molar-refractivity contribution in [2.45, 2.75) is 45.1 Å². The molecule has 1 aromatic heterocycles. The fourth-order valence-corrected chi connectivity index (χ4v) is 2.24. The normalized spacial score (nSPS) is 15.2. The van der Waals surface area contributed by atoms with Crippen molar-refractivity contribution < 1.29 is 14.7 Å². The van der Waals surface area contributed by atoms with Crippen LogP contribution in [0.25, 0.3) is 0 Å². The Kier molecular flexibility index (Phi) is 4.70. The number of aromatic carboxylic acids is 1. The van der Waals surface area contributed by atoms with Crippen LogP contribution >= 0.6 is 0 Å². The molecule has 110 valence electrons. The molecule has 1 amide bonds. The largest absolute Gasteiger partial charge is 0.476 e. The first kappa shape index (κ1) is 14.5. The summed E-state index contributed by atoms with van der Waals surface area (Å²) in [6, 6.07) is 0.0511. The van der Waals surface area contributed by atoms with Crippen molar-refractivity contribution in [1.29, 1.82) is 0 Å². The highest BCUT2D eigenvalue weighted by molar-refractivity contribution is 5.84. The van der Waals surface area contributed by atoms with E-state index in [2.05, 4.69) is 17.2 Å². The quantitative estimate of drug-likeness (QED) is 0.761. The van der Waals surface area contributed by atoms with E-state index in [4.69, 9.17) is 5.11 Å². The van der Waals surface area contributed by atoms with Gasteiger partial charge in [-0.15, -0.1) is 5.10 Å². The van der Waals surface area contributed by atoms with E-state index < -0.39 is 5.97 Å². The van der Waals surface area contributed by atoms with Crippen LogP contribution in [0.2, 0.25) is 0 Å². The zero-order valence-electron chi connectivity index (χ0n) is 11.7. The van der Waals surface area contributed by atoms with Crippen LogP contribution in [0, 0.1) is 0 Å². The Bertz CT molecular complexity index is 480. The van der Waals surface area contributed by atoms with Gasteiger partial charge in [-0.25, -0.2) is 9.48 Å². The van der Waals surface area contributed by atoms with Gasteiger partial charge in [-0.3, -0.25) is 4.79 Å². The lowest BCUT2D eigenvalue weighted by atomic mass is 10.1. The summed E-state index contributed by atoms with van der Waals surface area (Å²) in [6.45, 7) is 3.33. The lowest BCUT2D eigenvalue weighted by Crippen LogP contribution is -2.50. The van der Waals surface area contributed by atoms with Gasteiger partial charge in [0.05, 0.1) is 12.2 Å². The molecule has 0 radical (unpaired) electrons. The van der Waals surface area contributed by atoms with Gasteiger partial charge in [0, 0.05) is 19.5 Å². The van der Waals surface area contributed by atoms with Crippen molar-refractivity contribution in [2.24, 2.45) is 0 Å². The van der Waals surface area contributed by atoms with Crippen LogP contribution in [0.5, 0.6) is 0 Å². The number of aromatic nitrogens is 3. The van der Waals surface area contributed by atoms with E-state index in [0.29, 0.717) is 19.5 Å². The van der Waals surface area contributed by atoms with Gasteiger partial charge < -0.3 is 10.0 Å². The highest BCUT2D eigenvalue weighted by Gasteiger charge is 2.32. The maximum absolute atomic E-state index is 11.9. The first-order chi connectivity index (χ1) is 9.61. The molecule has 0 atom stereocenters. The van der Waals surface area contributed by atoms with Gasteiger partial charge in [0.25, 0.3) is 0 Å². The van der Waals surface area contributed by atoms with Crippen LogP contribution in [-0.2, 0) is 4.79 Å². The molecule has 0 bridgehead atoms. The van der Waals surface area contributed by atoms with E-state index in [-0.39, 0.29) is 17.6 Å². The smallest absolute Gasteiger partial charge is 0.358 e. The zero-order valence-corrected chi connectivity index (χ0v) is 11.7. The second kappa shape index (κ2) is 6.49. The average molecular weight is 280 g/mol. The van der Waals surface area contributed by atoms with Gasteiger partial charge in [-0.1, -0.05) is 31.4 Å². The summed E-state index contributed by atoms with van der Waals surface area (Å²) in [4.78, 5) is 24.4. The molecule has 7 nitrogen and oxygen atoms in total. The number of hydrogen-bond donors (Lipinski definition) is 1. The minimum absolute atomic E-state index is 0.0511. The third-order valence-corrected chi connectivity index (χ3v) is 3.56.